The molecule has 0 bridgehead atoms. The van der Waals surface area contributed by atoms with E-state index in [9.17, 15) is 27.0 Å². The van der Waals surface area contributed by atoms with Gasteiger partial charge in [0.15, 0.2) is 11.5 Å². The van der Waals surface area contributed by atoms with E-state index in [0.717, 1.165) is 0 Å². The highest BCUT2D eigenvalue weighted by Crippen LogP contribution is 2.32. The number of pyridine rings is 1. The molecule has 9 nitrogen and oxygen atoms in total. The number of carbonyl (C=O) groups excluding carboxylic acids is 2. The van der Waals surface area contributed by atoms with Crippen LogP contribution >= 0.6 is 23.2 Å². The van der Waals surface area contributed by atoms with Crippen LogP contribution in [-0.2, 0) is 15.9 Å². The highest BCUT2D eigenvalue weighted by Gasteiger charge is 2.37. The molecule has 0 spiro atoms. The number of hydrogen-bond acceptors (Lipinski definition) is 5. The molecule has 1 atom stereocenters. The molecular weight excluding hydrogens is 568 g/mol. The average molecular weight is 591 g/mol. The molecule has 3 rings (SSSR count). The van der Waals surface area contributed by atoms with Crippen LogP contribution in [0.5, 0.6) is 0 Å². The lowest BCUT2D eigenvalue weighted by molar-refractivity contribution is -0.141. The monoisotopic (exact) mass is 590 g/mol. The van der Waals surface area contributed by atoms with Crippen LogP contribution in [0.25, 0.3) is 5.82 Å². The average Bonchev–Trinajstić information content (AvgIpc) is 3.19. The summed E-state index contributed by atoms with van der Waals surface area (Å²) in [6, 6.07) is 6.11. The zero-order chi connectivity index (χ0) is 28.6. The molecule has 15 heteroatoms. The van der Waals surface area contributed by atoms with E-state index in [1.165, 1.54) is 42.1 Å². The minimum Gasteiger partial charge on any atom is -0.343 e. The van der Waals surface area contributed by atoms with Crippen LogP contribution in [0.2, 0.25) is 10.0 Å². The van der Waals surface area contributed by atoms with Crippen molar-refractivity contribution < 1.29 is 27.0 Å². The molecule has 0 aliphatic heterocycles. The molecule has 1 unspecified atom stereocenters. The Hall–Kier alpha value is -3.13. The van der Waals surface area contributed by atoms with Crippen molar-refractivity contribution in [1.29, 1.82) is 0 Å². The maximum absolute atomic E-state index is 13.5. The van der Waals surface area contributed by atoms with Gasteiger partial charge < -0.3 is 10.6 Å². The lowest BCUT2D eigenvalue weighted by Crippen LogP contribution is -2.47. The number of halogens is 5. The molecule has 2 amide bonds. The summed E-state index contributed by atoms with van der Waals surface area (Å²) in [5, 5.41) is 15.6. The molecule has 2 aromatic heterocycles. The molecule has 0 radical (unpaired) electrons. The summed E-state index contributed by atoms with van der Waals surface area (Å²) in [5.74, 6) is -1.95. The van der Waals surface area contributed by atoms with Gasteiger partial charge in [-0.1, -0.05) is 23.2 Å². The Morgan fingerprint density at radius 1 is 1.16 bits per heavy atom. The van der Waals surface area contributed by atoms with Crippen molar-refractivity contribution in [1.82, 2.24) is 20.1 Å². The molecule has 2 heterocycles. The Balaban J connectivity index is 2.08. The zero-order valence-electron chi connectivity index (χ0n) is 20.5. The van der Waals surface area contributed by atoms with Gasteiger partial charge in [0.2, 0.25) is 0 Å². The largest absolute Gasteiger partial charge is 0.435 e. The molecule has 1 aromatic carbocycles. The smallest absolute Gasteiger partial charge is 0.343 e. The quantitative estimate of drug-likeness (QED) is 0.369. The number of alkyl halides is 3. The maximum atomic E-state index is 13.5. The standard InChI is InChI=1S/C23H23Cl2F3N6O3S/c1-12-8-13(24)9-14(20(35)32-22(2,3)11-38(4,29)37)18(12)31-21(36)16-10-17(23(26,27)28)33-34(16)19-15(25)6-5-7-30-19/h5-11H,1-4H3,(H2,29,37)(H,31,36)(H,32,35). The molecule has 0 saturated heterocycles. The van der Waals surface area contributed by atoms with E-state index in [0.29, 0.717) is 16.3 Å². The number of anilines is 1. The topological polar surface area (TPSA) is 132 Å². The van der Waals surface area contributed by atoms with Crippen LogP contribution in [-0.4, -0.2) is 47.9 Å². The number of rotatable bonds is 6. The third kappa shape index (κ3) is 7.04. The van der Waals surface area contributed by atoms with Crippen molar-refractivity contribution in [3.63, 3.8) is 0 Å². The molecule has 4 N–H and O–H groups in total. The van der Waals surface area contributed by atoms with E-state index < -0.39 is 44.6 Å². The van der Waals surface area contributed by atoms with Crippen LogP contribution in [0.4, 0.5) is 18.9 Å². The van der Waals surface area contributed by atoms with E-state index in [-0.39, 0.29) is 27.1 Å². The van der Waals surface area contributed by atoms with Crippen molar-refractivity contribution in [3.8, 4) is 5.82 Å². The minimum absolute atomic E-state index is 0.0221. The van der Waals surface area contributed by atoms with Crippen molar-refractivity contribution >= 4 is 55.8 Å². The van der Waals surface area contributed by atoms with Gasteiger partial charge in [-0.05, 0) is 50.6 Å². The van der Waals surface area contributed by atoms with Gasteiger partial charge in [-0.15, -0.1) is 0 Å². The number of hydrogen-bond donors (Lipinski definition) is 3. The number of nitrogens with one attached hydrogen (secondary N) is 2. The molecule has 3 aromatic rings. The Morgan fingerprint density at radius 3 is 2.39 bits per heavy atom. The van der Waals surface area contributed by atoms with Gasteiger partial charge in [-0.25, -0.2) is 9.67 Å². The summed E-state index contributed by atoms with van der Waals surface area (Å²) < 4.78 is 53.1. The van der Waals surface area contributed by atoms with Crippen LogP contribution < -0.4 is 15.8 Å². The lowest BCUT2D eigenvalue weighted by atomic mass is 10.0. The first-order valence-corrected chi connectivity index (χ1v) is 13.6. The second-order valence-corrected chi connectivity index (χ2v) is 12.0. The fourth-order valence-electron chi connectivity index (χ4n) is 3.62. The third-order valence-electron chi connectivity index (χ3n) is 4.92. The number of aromatic nitrogens is 3. The first-order valence-electron chi connectivity index (χ1n) is 10.7. The number of aryl methyl sites for hydroxylation is 1. The second-order valence-electron chi connectivity index (χ2n) is 8.99. The molecule has 0 fully saturated rings. The summed E-state index contributed by atoms with van der Waals surface area (Å²) in [6.45, 7) is 4.66. The molecule has 204 valence electrons. The minimum atomic E-state index is -4.87. The fourth-order valence-corrected chi connectivity index (χ4v) is 5.32. The lowest BCUT2D eigenvalue weighted by Gasteiger charge is -2.24. The predicted molar refractivity (Wildman–Crippen MR) is 141 cm³/mol. The van der Waals surface area contributed by atoms with Gasteiger partial charge in [0.1, 0.15) is 5.69 Å². The Morgan fingerprint density at radius 2 is 1.82 bits per heavy atom. The number of nitrogens with two attached hydrogens (primary N) is 1. The molecule has 0 saturated carbocycles. The fraction of sp³-hybridized carbons (Fsp3) is 0.261. The van der Waals surface area contributed by atoms with Gasteiger partial charge in [-0.3, -0.25) is 18.9 Å². The highest BCUT2D eigenvalue weighted by molar-refractivity contribution is 7.98. The van der Waals surface area contributed by atoms with E-state index >= 15 is 0 Å². The summed E-state index contributed by atoms with van der Waals surface area (Å²) in [5.41, 5.74) is -2.80. The predicted octanol–water partition coefficient (Wildman–Crippen LogP) is 4.25. The maximum Gasteiger partial charge on any atom is 0.435 e. The Labute approximate surface area is 226 Å². The molecule has 0 aliphatic carbocycles. The molecular formula is C23H23Cl2F3N6O3S. The molecule has 0 aliphatic rings. The summed E-state index contributed by atoms with van der Waals surface area (Å²) >= 11 is 12.2. The number of carbonyl (C=O) groups is 2. The van der Waals surface area contributed by atoms with Crippen LogP contribution in [0.3, 0.4) is 0 Å². The van der Waals surface area contributed by atoms with Crippen molar-refractivity contribution in [2.75, 3.05) is 11.6 Å². The van der Waals surface area contributed by atoms with Gasteiger partial charge in [0.05, 0.1) is 21.8 Å². The van der Waals surface area contributed by atoms with Crippen LogP contribution in [0.15, 0.2) is 36.5 Å². The highest BCUT2D eigenvalue weighted by atomic mass is 35.5. The van der Waals surface area contributed by atoms with E-state index in [4.69, 9.17) is 28.3 Å². The Bertz CT molecular complexity index is 1540. The number of benzene rings is 1. The first kappa shape index (κ1) is 29.4. The van der Waals surface area contributed by atoms with E-state index in [2.05, 4.69) is 20.7 Å². The third-order valence-corrected chi connectivity index (χ3v) is 6.49. The molecule has 38 heavy (non-hydrogen) atoms. The zero-order valence-corrected chi connectivity index (χ0v) is 22.8. The summed E-state index contributed by atoms with van der Waals surface area (Å²) in [6.07, 6.45) is -2.30. The van der Waals surface area contributed by atoms with Crippen LogP contribution in [0, 0.1) is 6.92 Å². The van der Waals surface area contributed by atoms with E-state index in [1.807, 2.05) is 0 Å². The van der Waals surface area contributed by atoms with Crippen molar-refractivity contribution in [3.05, 3.63) is 69.1 Å². The number of nitrogens with zero attached hydrogens (tertiary/aromatic N) is 3. The van der Waals surface area contributed by atoms with E-state index in [1.54, 1.807) is 20.8 Å². The van der Waals surface area contributed by atoms with Crippen molar-refractivity contribution in [2.24, 2.45) is 5.14 Å². The van der Waals surface area contributed by atoms with Crippen LogP contribution in [0.1, 0.15) is 46.0 Å². The summed E-state index contributed by atoms with van der Waals surface area (Å²) in [7, 11) is -2.84. The Kier molecular flexibility index (Phi) is 8.18. The van der Waals surface area contributed by atoms with Gasteiger partial charge in [-0.2, -0.15) is 18.3 Å². The number of amides is 2. The SMILES string of the molecule is Cc1cc(Cl)cc(C(=O)NC(C)(C)C=S(C)(N)=O)c1NC(=O)c1cc(C(F)(F)F)nn1-c1ncccc1Cl. The van der Waals surface area contributed by atoms with Crippen molar-refractivity contribution in [2.45, 2.75) is 32.5 Å². The summed E-state index contributed by atoms with van der Waals surface area (Å²) in [4.78, 5) is 30.4. The van der Waals surface area contributed by atoms with Gasteiger partial charge in [0.25, 0.3) is 11.8 Å². The normalized spacial score (nSPS) is 13.5. The second kappa shape index (κ2) is 10.6. The van der Waals surface area contributed by atoms with Gasteiger partial charge >= 0.3 is 6.18 Å². The first-order chi connectivity index (χ1) is 17.4. The van der Waals surface area contributed by atoms with Gasteiger partial charge in [0, 0.05) is 38.6 Å².